The molecule has 1 aromatic heterocycles. The largest absolute Gasteiger partial charge is 0.460 e. The van der Waals surface area contributed by atoms with E-state index in [1.807, 2.05) is 0 Å². The molecule has 1 heterocycles. The van der Waals surface area contributed by atoms with Crippen molar-refractivity contribution in [3.05, 3.63) is 5.82 Å². The fourth-order valence-corrected chi connectivity index (χ4v) is 2.55. The number of alkyl halides is 9. The Labute approximate surface area is 199 Å². The summed E-state index contributed by atoms with van der Waals surface area (Å²) in [4.78, 5) is 13.8. The van der Waals surface area contributed by atoms with Crippen LogP contribution in [0.25, 0.3) is 0 Å². The highest BCUT2D eigenvalue weighted by Crippen LogP contribution is 2.54. The fraction of sp³-hybridized carbons (Fsp3) is 0.833. The van der Waals surface area contributed by atoms with Crippen molar-refractivity contribution in [3.63, 3.8) is 0 Å². The van der Waals surface area contributed by atoms with Crippen LogP contribution in [0.15, 0.2) is 0 Å². The smallest absolute Gasteiger partial charge is 0.376 e. The van der Waals surface area contributed by atoms with Crippen molar-refractivity contribution < 1.29 is 59.2 Å². The van der Waals surface area contributed by atoms with Gasteiger partial charge in [-0.25, -0.2) is 0 Å². The first-order valence-corrected chi connectivity index (χ1v) is 10.4. The lowest BCUT2D eigenvalue weighted by atomic mass is 9.99. The van der Waals surface area contributed by atoms with Gasteiger partial charge in [0, 0.05) is 26.1 Å². The summed E-state index contributed by atoms with van der Waals surface area (Å²) >= 11 is 0. The van der Waals surface area contributed by atoms with Gasteiger partial charge in [0.25, 0.3) is 0 Å². The van der Waals surface area contributed by atoms with Crippen molar-refractivity contribution >= 4 is 11.9 Å². The molecule has 18 heteroatoms. The minimum absolute atomic E-state index is 0.144. The van der Waals surface area contributed by atoms with Gasteiger partial charge in [0.2, 0.25) is 11.9 Å². The van der Waals surface area contributed by atoms with Gasteiger partial charge in [0.1, 0.15) is 32.7 Å². The summed E-state index contributed by atoms with van der Waals surface area (Å²) in [7, 11) is 0. The van der Waals surface area contributed by atoms with E-state index in [0.29, 0.717) is 0 Å². The van der Waals surface area contributed by atoms with E-state index in [1.165, 1.54) is 4.90 Å². The summed E-state index contributed by atoms with van der Waals surface area (Å²) in [6, 6.07) is 0. The molecule has 0 saturated heterocycles. The van der Waals surface area contributed by atoms with Gasteiger partial charge in [-0.05, 0) is 20.3 Å². The quantitative estimate of drug-likeness (QED) is 0.239. The monoisotopic (exact) mass is 547 g/mol. The Morgan fingerprint density at radius 3 is 1.61 bits per heavy atom. The van der Waals surface area contributed by atoms with Crippen LogP contribution in [-0.2, 0) is 15.9 Å². The van der Waals surface area contributed by atoms with Gasteiger partial charge < -0.3 is 19.7 Å². The normalized spacial score (nSPS) is 13.2. The van der Waals surface area contributed by atoms with Gasteiger partial charge in [-0.3, -0.25) is 9.80 Å². The average Bonchev–Trinajstić information content (AvgIpc) is 2.78. The number of aliphatic hydroxyl groups is 2. The van der Waals surface area contributed by atoms with E-state index in [4.69, 9.17) is 9.47 Å². The summed E-state index contributed by atoms with van der Waals surface area (Å²) in [5.41, 5.74) is 0. The molecule has 0 aliphatic carbocycles. The molecule has 0 amide bonds. The SMILES string of the molecule is CCOCN(COCC)c1nc(CCCC(F)(F)C(F)(F)C(F)(F)C(F)(F)F)nc(N(CO)CO)n1. The third kappa shape index (κ3) is 7.42. The molecule has 36 heavy (non-hydrogen) atoms. The van der Waals surface area contributed by atoms with Crippen molar-refractivity contribution in [1.82, 2.24) is 15.0 Å². The number of aliphatic hydroxyl groups excluding tert-OH is 2. The Kier molecular flexibility index (Phi) is 11.4. The van der Waals surface area contributed by atoms with E-state index >= 15 is 0 Å². The zero-order valence-electron chi connectivity index (χ0n) is 19.2. The highest BCUT2D eigenvalue weighted by atomic mass is 19.4. The van der Waals surface area contributed by atoms with Crippen LogP contribution in [0, 0.1) is 0 Å². The predicted molar refractivity (Wildman–Crippen MR) is 106 cm³/mol. The first-order chi connectivity index (χ1) is 16.6. The lowest BCUT2D eigenvalue weighted by molar-refractivity contribution is -0.396. The molecule has 210 valence electrons. The number of ether oxygens (including phenoxy) is 2. The van der Waals surface area contributed by atoms with E-state index in [2.05, 4.69) is 15.0 Å². The summed E-state index contributed by atoms with van der Waals surface area (Å²) < 4.78 is 128. The molecule has 9 nitrogen and oxygen atoms in total. The highest BCUT2D eigenvalue weighted by molar-refractivity contribution is 5.38. The molecule has 0 aliphatic rings. The Balaban J connectivity index is 3.21. The van der Waals surface area contributed by atoms with Crippen LogP contribution in [-0.4, -0.2) is 89.2 Å². The number of halogens is 9. The number of aryl methyl sites for hydroxylation is 1. The number of anilines is 2. The number of aromatic nitrogens is 3. The zero-order chi connectivity index (χ0) is 27.8. The van der Waals surface area contributed by atoms with Crippen molar-refractivity contribution in [3.8, 4) is 0 Å². The maximum Gasteiger partial charge on any atom is 0.460 e. The van der Waals surface area contributed by atoms with Crippen LogP contribution in [0.2, 0.25) is 0 Å². The van der Waals surface area contributed by atoms with E-state index in [0.717, 1.165) is 4.90 Å². The molecule has 0 aliphatic heterocycles. The van der Waals surface area contributed by atoms with Gasteiger partial charge in [-0.1, -0.05) is 0 Å². The maximum absolute atomic E-state index is 13.8. The summed E-state index contributed by atoms with van der Waals surface area (Å²) in [5.74, 6) is -20.4. The second kappa shape index (κ2) is 12.9. The second-order valence-electron chi connectivity index (χ2n) is 7.16. The van der Waals surface area contributed by atoms with E-state index in [9.17, 15) is 49.7 Å². The lowest BCUT2D eigenvalue weighted by Crippen LogP contribution is -2.60. The minimum Gasteiger partial charge on any atom is -0.376 e. The molecule has 0 bridgehead atoms. The molecule has 0 spiro atoms. The number of rotatable bonds is 16. The molecule has 0 fully saturated rings. The first kappa shape index (κ1) is 31.8. The Morgan fingerprint density at radius 2 is 1.19 bits per heavy atom. The van der Waals surface area contributed by atoms with Gasteiger partial charge in [-0.2, -0.15) is 54.5 Å². The topological polar surface area (TPSA) is 104 Å². The molecule has 2 N–H and O–H groups in total. The standard InChI is InChI=1S/C18H26F9N5O4/c1-3-35-10-32(11-36-4-2)14-29-12(28-13(30-14)31(8-33)9-34)6-5-7-15(19,20)16(21,22)17(23,24)18(25,26)27/h33-34H,3-11H2,1-2H3. The van der Waals surface area contributed by atoms with E-state index < -0.39 is 56.7 Å². The predicted octanol–water partition coefficient (Wildman–Crippen LogP) is 3.16. The second-order valence-corrected chi connectivity index (χ2v) is 7.16. The van der Waals surface area contributed by atoms with Crippen molar-refractivity contribution in [2.24, 2.45) is 0 Å². The number of hydrogen-bond donors (Lipinski definition) is 2. The van der Waals surface area contributed by atoms with Crippen LogP contribution in [0.1, 0.15) is 32.5 Å². The molecule has 0 unspecified atom stereocenters. The number of nitrogens with zero attached hydrogens (tertiary/aromatic N) is 5. The molecule has 0 atom stereocenters. The van der Waals surface area contributed by atoms with Crippen LogP contribution < -0.4 is 9.80 Å². The molecular weight excluding hydrogens is 521 g/mol. The summed E-state index contributed by atoms with van der Waals surface area (Å²) in [5, 5.41) is 18.7. The fourth-order valence-electron chi connectivity index (χ4n) is 2.55. The van der Waals surface area contributed by atoms with Gasteiger partial charge in [0.15, 0.2) is 0 Å². The van der Waals surface area contributed by atoms with Crippen LogP contribution in [0.4, 0.5) is 51.4 Å². The Hall–Kier alpha value is -2.18. The lowest BCUT2D eigenvalue weighted by Gasteiger charge is -2.33. The molecule has 1 rings (SSSR count). The first-order valence-electron chi connectivity index (χ1n) is 10.4. The summed E-state index contributed by atoms with van der Waals surface area (Å²) in [6.07, 6.45) is -10.7. The zero-order valence-corrected chi connectivity index (χ0v) is 19.2. The summed E-state index contributed by atoms with van der Waals surface area (Å²) in [6.45, 7) is 1.92. The minimum atomic E-state index is -6.97. The molecule has 0 aromatic carbocycles. The van der Waals surface area contributed by atoms with Crippen LogP contribution in [0.3, 0.4) is 0 Å². The van der Waals surface area contributed by atoms with Crippen molar-refractivity contribution in [2.45, 2.75) is 57.1 Å². The van der Waals surface area contributed by atoms with Crippen molar-refractivity contribution in [1.29, 1.82) is 0 Å². The van der Waals surface area contributed by atoms with E-state index in [-0.39, 0.29) is 44.4 Å². The molecule has 1 aromatic rings. The molecule has 0 radical (unpaired) electrons. The van der Waals surface area contributed by atoms with E-state index in [1.54, 1.807) is 13.8 Å². The Morgan fingerprint density at radius 1 is 0.722 bits per heavy atom. The highest BCUT2D eigenvalue weighted by Gasteiger charge is 2.81. The van der Waals surface area contributed by atoms with Crippen molar-refractivity contribution in [2.75, 3.05) is 49.9 Å². The third-order valence-electron chi connectivity index (χ3n) is 4.57. The Bertz CT molecular complexity index is 806. The molecular formula is C18H26F9N5O4. The van der Waals surface area contributed by atoms with Gasteiger partial charge in [-0.15, -0.1) is 0 Å². The molecule has 0 saturated carbocycles. The van der Waals surface area contributed by atoms with Crippen LogP contribution in [0.5, 0.6) is 0 Å². The van der Waals surface area contributed by atoms with Crippen LogP contribution >= 0.6 is 0 Å². The number of hydrogen-bond acceptors (Lipinski definition) is 9. The van der Waals surface area contributed by atoms with Gasteiger partial charge in [0.05, 0.1) is 0 Å². The van der Waals surface area contributed by atoms with Gasteiger partial charge >= 0.3 is 23.9 Å². The maximum atomic E-state index is 13.8. The third-order valence-corrected chi connectivity index (χ3v) is 4.57. The average molecular weight is 547 g/mol.